The number of nitrogens with zero attached hydrogens (tertiary/aromatic N) is 1. The Hall–Kier alpha value is -2.94. The van der Waals surface area contributed by atoms with E-state index < -0.39 is 23.4 Å². The van der Waals surface area contributed by atoms with Gasteiger partial charge in [0.2, 0.25) is 0 Å². The Morgan fingerprint density at radius 2 is 2.04 bits per heavy atom. The molecular formula is C18H20N2O6S. The second kappa shape index (κ2) is 9.13. The fraction of sp³-hybridized carbons (Fsp3) is 0.333. The minimum absolute atomic E-state index is 0.130. The molecule has 0 fully saturated rings. The van der Waals surface area contributed by atoms with Crippen LogP contribution in [0.15, 0.2) is 24.3 Å². The zero-order valence-electron chi connectivity index (χ0n) is 15.2. The van der Waals surface area contributed by atoms with Gasteiger partial charge in [0, 0.05) is 17.0 Å². The maximum Gasteiger partial charge on any atom is 0.348 e. The molecule has 1 N–H and O–H groups in total. The third-order valence-electron chi connectivity index (χ3n) is 3.74. The first-order valence-electron chi connectivity index (χ1n) is 8.24. The van der Waals surface area contributed by atoms with Crippen LogP contribution in [0.4, 0.5) is 11.4 Å². The molecule has 0 saturated heterocycles. The number of aryl methyl sites for hydroxylation is 2. The van der Waals surface area contributed by atoms with E-state index in [1.165, 1.54) is 36.6 Å². The summed E-state index contributed by atoms with van der Waals surface area (Å²) in [5.74, 6) is -0.936. The van der Waals surface area contributed by atoms with Gasteiger partial charge in [0.25, 0.3) is 11.6 Å². The smallest absolute Gasteiger partial charge is 0.348 e. The second-order valence-corrected chi connectivity index (χ2v) is 6.96. The molecular weight excluding hydrogens is 372 g/mol. The van der Waals surface area contributed by atoms with Gasteiger partial charge in [0.1, 0.15) is 10.6 Å². The van der Waals surface area contributed by atoms with Crippen LogP contribution in [0.1, 0.15) is 33.5 Å². The molecule has 144 valence electrons. The third-order valence-corrected chi connectivity index (χ3v) is 4.82. The van der Waals surface area contributed by atoms with E-state index in [0.29, 0.717) is 4.88 Å². The van der Waals surface area contributed by atoms with E-state index in [-0.39, 0.29) is 17.1 Å². The average molecular weight is 392 g/mol. The standard InChI is InChI=1S/C18H20N2O6S/c1-4-5-12-8-16(27-11(12)2)18(22)26-10-17(21)19-14-9-13(20(23)24)6-7-15(14)25-3/h6-9H,4-5,10H2,1-3H3,(H,19,21). The summed E-state index contributed by atoms with van der Waals surface area (Å²) in [5.41, 5.74) is 1.03. The molecule has 8 nitrogen and oxygen atoms in total. The van der Waals surface area contributed by atoms with Crippen molar-refractivity contribution in [2.24, 2.45) is 0 Å². The zero-order chi connectivity index (χ0) is 20.0. The van der Waals surface area contributed by atoms with E-state index in [1.54, 1.807) is 6.07 Å². The van der Waals surface area contributed by atoms with Crippen LogP contribution in [-0.2, 0) is 16.0 Å². The van der Waals surface area contributed by atoms with Crippen molar-refractivity contribution in [3.63, 3.8) is 0 Å². The van der Waals surface area contributed by atoms with Crippen LogP contribution >= 0.6 is 11.3 Å². The molecule has 1 amide bonds. The summed E-state index contributed by atoms with van der Waals surface area (Å²) >= 11 is 1.33. The van der Waals surface area contributed by atoms with E-state index in [2.05, 4.69) is 12.2 Å². The summed E-state index contributed by atoms with van der Waals surface area (Å²) in [5, 5.41) is 13.3. The average Bonchev–Trinajstić information content (AvgIpc) is 3.00. The maximum atomic E-state index is 12.1. The van der Waals surface area contributed by atoms with E-state index in [9.17, 15) is 19.7 Å². The van der Waals surface area contributed by atoms with Crippen molar-refractivity contribution in [1.82, 2.24) is 0 Å². The van der Waals surface area contributed by atoms with Gasteiger partial charge in [-0.2, -0.15) is 0 Å². The number of nitro benzene ring substituents is 1. The van der Waals surface area contributed by atoms with Gasteiger partial charge in [-0.15, -0.1) is 11.3 Å². The SMILES string of the molecule is CCCc1cc(C(=O)OCC(=O)Nc2cc([N+](=O)[O-])ccc2OC)sc1C. The second-order valence-electron chi connectivity index (χ2n) is 5.71. The Labute approximate surface area is 160 Å². The summed E-state index contributed by atoms with van der Waals surface area (Å²) in [6.07, 6.45) is 1.85. The molecule has 0 aliphatic rings. The first-order chi connectivity index (χ1) is 12.8. The number of amides is 1. The highest BCUT2D eigenvalue weighted by Crippen LogP contribution is 2.29. The Kier molecular flexibility index (Phi) is 6.89. The molecule has 0 unspecified atom stereocenters. The number of anilines is 1. The molecule has 27 heavy (non-hydrogen) atoms. The van der Waals surface area contributed by atoms with Crippen LogP contribution in [0.3, 0.4) is 0 Å². The summed E-state index contributed by atoms with van der Waals surface area (Å²) in [6.45, 7) is 3.49. The van der Waals surface area contributed by atoms with Gasteiger partial charge in [-0.05, 0) is 31.0 Å². The first kappa shape index (κ1) is 20.4. The van der Waals surface area contributed by atoms with E-state index >= 15 is 0 Å². The molecule has 0 saturated carbocycles. The van der Waals surface area contributed by atoms with Crippen molar-refractivity contribution in [3.8, 4) is 5.75 Å². The van der Waals surface area contributed by atoms with Crippen LogP contribution in [-0.4, -0.2) is 30.5 Å². The normalized spacial score (nSPS) is 10.3. The highest BCUT2D eigenvalue weighted by Gasteiger charge is 2.17. The van der Waals surface area contributed by atoms with Crippen LogP contribution < -0.4 is 10.1 Å². The molecule has 1 aromatic heterocycles. The van der Waals surface area contributed by atoms with Gasteiger partial charge in [-0.1, -0.05) is 13.3 Å². The van der Waals surface area contributed by atoms with E-state index in [1.807, 2.05) is 6.92 Å². The minimum atomic E-state index is -0.621. The number of carbonyl (C=O) groups is 2. The number of nitro groups is 1. The molecule has 0 spiro atoms. The zero-order valence-corrected chi connectivity index (χ0v) is 16.1. The van der Waals surface area contributed by atoms with Crippen LogP contribution in [0.25, 0.3) is 0 Å². The fourth-order valence-electron chi connectivity index (χ4n) is 2.43. The third kappa shape index (κ3) is 5.27. The number of hydrogen-bond acceptors (Lipinski definition) is 7. The number of non-ortho nitro benzene ring substituents is 1. The number of nitrogens with one attached hydrogen (secondary N) is 1. The molecule has 0 aliphatic carbocycles. The summed E-state index contributed by atoms with van der Waals surface area (Å²) in [4.78, 5) is 36.0. The van der Waals surface area contributed by atoms with Gasteiger partial charge in [0.15, 0.2) is 6.61 Å². The molecule has 0 bridgehead atoms. The lowest BCUT2D eigenvalue weighted by Crippen LogP contribution is -2.21. The summed E-state index contributed by atoms with van der Waals surface area (Å²) in [6, 6.07) is 5.61. The largest absolute Gasteiger partial charge is 0.495 e. The van der Waals surface area contributed by atoms with Crippen LogP contribution in [0.2, 0.25) is 0 Å². The molecule has 1 aromatic carbocycles. The summed E-state index contributed by atoms with van der Waals surface area (Å²) in [7, 11) is 1.38. The first-order valence-corrected chi connectivity index (χ1v) is 9.06. The van der Waals surface area contributed by atoms with Gasteiger partial charge < -0.3 is 14.8 Å². The maximum absolute atomic E-state index is 12.1. The van der Waals surface area contributed by atoms with Gasteiger partial charge in [0.05, 0.1) is 17.7 Å². The number of benzene rings is 1. The molecule has 9 heteroatoms. The Morgan fingerprint density at radius 1 is 1.30 bits per heavy atom. The number of carbonyl (C=O) groups excluding carboxylic acids is 2. The lowest BCUT2D eigenvalue weighted by atomic mass is 10.1. The van der Waals surface area contributed by atoms with E-state index in [4.69, 9.17) is 9.47 Å². The lowest BCUT2D eigenvalue weighted by Gasteiger charge is -2.10. The molecule has 1 heterocycles. The number of ether oxygens (including phenoxy) is 2. The quantitative estimate of drug-likeness (QED) is 0.417. The molecule has 0 radical (unpaired) electrons. The monoisotopic (exact) mass is 392 g/mol. The van der Waals surface area contributed by atoms with Gasteiger partial charge >= 0.3 is 5.97 Å². The van der Waals surface area contributed by atoms with Crippen molar-refractivity contribution in [2.75, 3.05) is 19.0 Å². The fourth-order valence-corrected chi connectivity index (χ4v) is 3.40. The Morgan fingerprint density at radius 3 is 2.67 bits per heavy atom. The lowest BCUT2D eigenvalue weighted by molar-refractivity contribution is -0.384. The van der Waals surface area contributed by atoms with Gasteiger partial charge in [-0.3, -0.25) is 14.9 Å². The number of esters is 1. The van der Waals surface area contributed by atoms with Crippen molar-refractivity contribution in [2.45, 2.75) is 26.7 Å². The van der Waals surface area contributed by atoms with Crippen molar-refractivity contribution >= 4 is 34.6 Å². The number of hydrogen-bond donors (Lipinski definition) is 1. The highest BCUT2D eigenvalue weighted by molar-refractivity contribution is 7.14. The molecule has 2 rings (SSSR count). The number of methoxy groups -OCH3 is 1. The Bertz CT molecular complexity index is 862. The van der Waals surface area contributed by atoms with Crippen molar-refractivity contribution in [3.05, 3.63) is 49.7 Å². The Balaban J connectivity index is 2.00. The molecule has 2 aromatic rings. The number of rotatable bonds is 8. The van der Waals surface area contributed by atoms with Gasteiger partial charge in [-0.25, -0.2) is 4.79 Å². The van der Waals surface area contributed by atoms with E-state index in [0.717, 1.165) is 23.3 Å². The predicted molar refractivity (Wildman–Crippen MR) is 102 cm³/mol. The summed E-state index contributed by atoms with van der Waals surface area (Å²) < 4.78 is 10.1. The highest BCUT2D eigenvalue weighted by atomic mass is 32.1. The molecule has 0 aliphatic heterocycles. The van der Waals surface area contributed by atoms with Crippen LogP contribution in [0.5, 0.6) is 5.75 Å². The van der Waals surface area contributed by atoms with Crippen LogP contribution in [0, 0.1) is 17.0 Å². The van der Waals surface area contributed by atoms with Crippen molar-refractivity contribution < 1.29 is 24.0 Å². The minimum Gasteiger partial charge on any atom is -0.495 e. The topological polar surface area (TPSA) is 108 Å². The van der Waals surface area contributed by atoms with Crippen molar-refractivity contribution in [1.29, 1.82) is 0 Å². The number of thiophene rings is 1. The molecule has 0 atom stereocenters. The predicted octanol–water partition coefficient (Wildman–Crippen LogP) is 3.72.